The summed E-state index contributed by atoms with van der Waals surface area (Å²) in [4.78, 5) is 4.49. The first-order chi connectivity index (χ1) is 7.50. The van der Waals surface area contributed by atoms with Crippen LogP contribution in [-0.4, -0.2) is 4.98 Å². The van der Waals surface area contributed by atoms with Crippen molar-refractivity contribution in [2.75, 3.05) is 0 Å². The van der Waals surface area contributed by atoms with Gasteiger partial charge >= 0.3 is 0 Å². The second-order valence-corrected chi connectivity index (χ2v) is 5.62. The van der Waals surface area contributed by atoms with Gasteiger partial charge in [0.25, 0.3) is 0 Å². The third kappa shape index (κ3) is 1.40. The van der Waals surface area contributed by atoms with Gasteiger partial charge in [-0.25, -0.2) is 0 Å². The van der Waals surface area contributed by atoms with Gasteiger partial charge in [0.2, 0.25) is 0 Å². The molecule has 0 bridgehead atoms. The van der Waals surface area contributed by atoms with Crippen LogP contribution in [0.25, 0.3) is 0 Å². The summed E-state index contributed by atoms with van der Waals surface area (Å²) in [6.07, 6.45) is 2.90. The normalized spacial score (nSPS) is 22.8. The highest BCUT2D eigenvalue weighted by Crippen LogP contribution is 2.52. The minimum atomic E-state index is 0.135. The first kappa shape index (κ1) is 11.6. The van der Waals surface area contributed by atoms with E-state index in [4.69, 9.17) is 5.73 Å². The second-order valence-electron chi connectivity index (χ2n) is 5.62. The number of rotatable bonds is 2. The van der Waals surface area contributed by atoms with Gasteiger partial charge in [0.15, 0.2) is 0 Å². The van der Waals surface area contributed by atoms with E-state index < -0.39 is 0 Å². The number of hydrogen-bond donors (Lipinski definition) is 1. The van der Waals surface area contributed by atoms with Gasteiger partial charge in [0.05, 0.1) is 0 Å². The summed E-state index contributed by atoms with van der Waals surface area (Å²) in [5.74, 6) is 1.16. The second kappa shape index (κ2) is 3.85. The molecule has 0 aliphatic heterocycles. The van der Waals surface area contributed by atoms with Crippen LogP contribution < -0.4 is 5.73 Å². The van der Waals surface area contributed by atoms with Crippen molar-refractivity contribution in [3.8, 4) is 0 Å². The Labute approximate surface area is 98.3 Å². The predicted octanol–water partition coefficient (Wildman–Crippen LogP) is 2.94. The van der Waals surface area contributed by atoms with Gasteiger partial charge < -0.3 is 5.73 Å². The first-order valence-electron chi connectivity index (χ1n) is 6.19. The van der Waals surface area contributed by atoms with Crippen molar-refractivity contribution in [1.82, 2.24) is 4.98 Å². The third-order valence-electron chi connectivity index (χ3n) is 4.46. The van der Waals surface area contributed by atoms with Crippen molar-refractivity contribution in [3.63, 3.8) is 0 Å². The van der Waals surface area contributed by atoms with Gasteiger partial charge in [-0.05, 0) is 35.3 Å². The van der Waals surface area contributed by atoms with E-state index >= 15 is 0 Å². The lowest BCUT2D eigenvalue weighted by atomic mass is 9.65. The van der Waals surface area contributed by atoms with Crippen molar-refractivity contribution in [1.29, 1.82) is 0 Å². The summed E-state index contributed by atoms with van der Waals surface area (Å²) in [5.41, 5.74) is 9.13. The Morgan fingerprint density at radius 1 is 1.31 bits per heavy atom. The van der Waals surface area contributed by atoms with E-state index in [0.717, 1.165) is 6.42 Å². The molecule has 1 heterocycles. The smallest absolute Gasteiger partial charge is 0.0457 e. The Balaban J connectivity index is 2.49. The van der Waals surface area contributed by atoms with Crippen LogP contribution in [0.3, 0.4) is 0 Å². The van der Waals surface area contributed by atoms with Gasteiger partial charge in [-0.15, -0.1) is 0 Å². The average Bonchev–Trinajstić information content (AvgIpc) is 2.54. The highest BCUT2D eigenvalue weighted by atomic mass is 14.8. The molecule has 1 aromatic rings. The largest absolute Gasteiger partial charge is 0.323 e. The van der Waals surface area contributed by atoms with E-state index in [1.165, 1.54) is 11.3 Å². The average molecular weight is 218 g/mol. The molecular formula is C14H22N2. The minimum Gasteiger partial charge on any atom is -0.323 e. The van der Waals surface area contributed by atoms with Crippen molar-refractivity contribution in [3.05, 3.63) is 29.6 Å². The topological polar surface area (TPSA) is 38.9 Å². The number of aromatic nitrogens is 1. The van der Waals surface area contributed by atoms with E-state index in [-0.39, 0.29) is 11.5 Å². The Bertz CT molecular complexity index is 374. The summed E-state index contributed by atoms with van der Waals surface area (Å²) < 4.78 is 0. The van der Waals surface area contributed by atoms with Crippen molar-refractivity contribution >= 4 is 0 Å². The summed E-state index contributed by atoms with van der Waals surface area (Å²) in [6, 6.07) is 4.27. The molecule has 0 spiro atoms. The van der Waals surface area contributed by atoms with Crippen LogP contribution in [0.15, 0.2) is 18.3 Å². The maximum atomic E-state index is 6.49. The lowest BCUT2D eigenvalue weighted by Gasteiger charge is -2.41. The van der Waals surface area contributed by atoms with Crippen LogP contribution in [0.4, 0.5) is 0 Å². The molecule has 1 atom stereocenters. The molecule has 0 saturated heterocycles. The standard InChI is InChI=1S/C14H22N2/c1-9(2)14(10(3)4)8-12-11(13(14)15)6-5-7-16-12/h5-7,9-10,13H,8,15H2,1-4H3/t13-/m1/s1. The third-order valence-corrected chi connectivity index (χ3v) is 4.46. The molecule has 0 aromatic carbocycles. The zero-order chi connectivity index (χ0) is 11.9. The number of hydrogen-bond acceptors (Lipinski definition) is 2. The van der Waals surface area contributed by atoms with E-state index in [0.29, 0.717) is 11.8 Å². The van der Waals surface area contributed by atoms with Gasteiger partial charge in [0, 0.05) is 17.9 Å². The molecule has 2 heteroatoms. The van der Waals surface area contributed by atoms with Gasteiger partial charge in [-0.1, -0.05) is 33.8 Å². The van der Waals surface area contributed by atoms with Crippen molar-refractivity contribution in [2.45, 2.75) is 40.2 Å². The van der Waals surface area contributed by atoms with E-state index in [1.807, 2.05) is 12.3 Å². The molecule has 1 aliphatic carbocycles. The van der Waals surface area contributed by atoms with Crippen molar-refractivity contribution < 1.29 is 0 Å². The fourth-order valence-electron chi connectivity index (χ4n) is 3.36. The fourth-order valence-corrected chi connectivity index (χ4v) is 3.36. The predicted molar refractivity (Wildman–Crippen MR) is 67.0 cm³/mol. The maximum Gasteiger partial charge on any atom is 0.0457 e. The molecule has 0 fully saturated rings. The first-order valence-corrected chi connectivity index (χ1v) is 6.19. The van der Waals surface area contributed by atoms with Crippen LogP contribution in [0.5, 0.6) is 0 Å². The molecule has 2 N–H and O–H groups in total. The number of pyridine rings is 1. The van der Waals surface area contributed by atoms with E-state index in [9.17, 15) is 0 Å². The Hall–Kier alpha value is -0.890. The Kier molecular flexibility index (Phi) is 2.79. The van der Waals surface area contributed by atoms with E-state index in [2.05, 4.69) is 38.7 Å². The minimum absolute atomic E-state index is 0.135. The summed E-state index contributed by atoms with van der Waals surface area (Å²) in [6.45, 7) is 9.13. The molecule has 1 aromatic heterocycles. The highest BCUT2D eigenvalue weighted by molar-refractivity contribution is 5.33. The molecule has 0 radical (unpaired) electrons. The summed E-state index contributed by atoms with van der Waals surface area (Å²) in [7, 11) is 0. The highest BCUT2D eigenvalue weighted by Gasteiger charge is 2.48. The molecule has 0 saturated carbocycles. The SMILES string of the molecule is CC(C)C1(C(C)C)Cc2ncccc2[C@H]1N. The van der Waals surface area contributed by atoms with Crippen molar-refractivity contribution in [2.24, 2.45) is 23.0 Å². The Morgan fingerprint density at radius 3 is 2.44 bits per heavy atom. The van der Waals surface area contributed by atoms with Crippen LogP contribution >= 0.6 is 0 Å². The van der Waals surface area contributed by atoms with Crippen LogP contribution in [0.2, 0.25) is 0 Å². The number of nitrogens with zero attached hydrogens (tertiary/aromatic N) is 1. The van der Waals surface area contributed by atoms with Crippen LogP contribution in [0, 0.1) is 17.3 Å². The molecule has 2 nitrogen and oxygen atoms in total. The lowest BCUT2D eigenvalue weighted by molar-refractivity contribution is 0.0891. The molecule has 0 amide bonds. The van der Waals surface area contributed by atoms with Crippen LogP contribution in [-0.2, 0) is 6.42 Å². The zero-order valence-electron chi connectivity index (χ0n) is 10.7. The number of fused-ring (bicyclic) bond motifs is 1. The summed E-state index contributed by atoms with van der Waals surface area (Å²) >= 11 is 0. The molecule has 2 rings (SSSR count). The molecule has 1 aliphatic rings. The zero-order valence-corrected chi connectivity index (χ0v) is 10.7. The lowest BCUT2D eigenvalue weighted by Crippen LogP contribution is -2.41. The quantitative estimate of drug-likeness (QED) is 0.829. The van der Waals surface area contributed by atoms with Gasteiger partial charge in [-0.3, -0.25) is 4.98 Å². The van der Waals surface area contributed by atoms with Gasteiger partial charge in [-0.2, -0.15) is 0 Å². The molecular weight excluding hydrogens is 196 g/mol. The van der Waals surface area contributed by atoms with Gasteiger partial charge in [0.1, 0.15) is 0 Å². The number of nitrogens with two attached hydrogens (primary N) is 1. The molecule has 88 valence electrons. The maximum absolute atomic E-state index is 6.49. The monoisotopic (exact) mass is 218 g/mol. The molecule has 16 heavy (non-hydrogen) atoms. The van der Waals surface area contributed by atoms with E-state index in [1.54, 1.807) is 0 Å². The fraction of sp³-hybridized carbons (Fsp3) is 0.643. The Morgan fingerprint density at radius 2 is 1.94 bits per heavy atom. The summed E-state index contributed by atoms with van der Waals surface area (Å²) in [5, 5.41) is 0. The van der Waals surface area contributed by atoms with Crippen LogP contribution in [0.1, 0.15) is 45.0 Å². The molecule has 0 unspecified atom stereocenters.